The Balaban J connectivity index is 2.16. The highest BCUT2D eigenvalue weighted by atomic mass is 16.6. The second-order valence-corrected chi connectivity index (χ2v) is 23.0. The normalized spacial score (nSPS) is 25.2. The van der Waals surface area contributed by atoms with Gasteiger partial charge in [-0.25, -0.2) is 14.4 Å². The smallest absolute Gasteiger partial charge is 0.411 e. The molecule has 0 spiro atoms. The third kappa shape index (κ3) is 9.89. The summed E-state index contributed by atoms with van der Waals surface area (Å²) in [5.41, 5.74) is -4.83. The van der Waals surface area contributed by atoms with Crippen LogP contribution in [-0.2, 0) is 14.2 Å². The Bertz CT molecular complexity index is 1130. The fraction of sp³-hybridized carbons (Fsp3) is 0.929. The van der Waals surface area contributed by atoms with E-state index in [0.717, 1.165) is 38.5 Å². The van der Waals surface area contributed by atoms with Gasteiger partial charge < -0.3 is 14.2 Å². The van der Waals surface area contributed by atoms with Crippen LogP contribution in [0.2, 0.25) is 0 Å². The van der Waals surface area contributed by atoms with Gasteiger partial charge in [-0.15, -0.1) is 0 Å². The van der Waals surface area contributed by atoms with Crippen molar-refractivity contribution in [2.75, 3.05) is 0 Å². The number of hydrogen-bond acceptors (Lipinski definition) is 7. The third-order valence-corrected chi connectivity index (χ3v) is 11.0. The second-order valence-electron chi connectivity index (χ2n) is 23.0. The number of ether oxygens (including phenoxy) is 3. The van der Waals surface area contributed by atoms with Crippen molar-refractivity contribution in [3.63, 3.8) is 0 Å². The van der Waals surface area contributed by atoms with Crippen LogP contribution in [0.5, 0.6) is 0 Å². The summed E-state index contributed by atoms with van der Waals surface area (Å²) in [5.74, 6) is 0. The molecule has 0 aromatic heterocycles. The van der Waals surface area contributed by atoms with Crippen LogP contribution in [-0.4, -0.2) is 106 Å². The molecule has 3 aliphatic heterocycles. The molecule has 3 amide bonds. The Kier molecular flexibility index (Phi) is 11.5. The number of amides is 3. The zero-order valence-electron chi connectivity index (χ0n) is 37.2. The van der Waals surface area contributed by atoms with Crippen LogP contribution >= 0.6 is 0 Å². The van der Waals surface area contributed by atoms with Gasteiger partial charge in [0.15, 0.2) is 0 Å². The predicted molar refractivity (Wildman–Crippen MR) is 210 cm³/mol. The summed E-state index contributed by atoms with van der Waals surface area (Å²) >= 11 is 0. The first-order chi connectivity index (χ1) is 22.8. The zero-order chi connectivity index (χ0) is 40.6. The summed E-state index contributed by atoms with van der Waals surface area (Å²) in [4.78, 5) is 50.3. The van der Waals surface area contributed by atoms with Crippen molar-refractivity contribution in [1.29, 1.82) is 0 Å². The minimum atomic E-state index is -0.606. The van der Waals surface area contributed by atoms with E-state index in [0.29, 0.717) is 0 Å². The van der Waals surface area contributed by atoms with E-state index in [9.17, 15) is 14.4 Å². The molecule has 3 rings (SSSR count). The molecule has 10 nitrogen and oxygen atoms in total. The summed E-state index contributed by atoms with van der Waals surface area (Å²) in [6.45, 7) is 43.3. The maximum atomic E-state index is 13.9. The van der Waals surface area contributed by atoms with E-state index >= 15 is 0 Å². The highest BCUT2D eigenvalue weighted by Gasteiger charge is 2.58. The fourth-order valence-corrected chi connectivity index (χ4v) is 10.6. The molecule has 3 heterocycles. The lowest BCUT2D eigenvalue weighted by Gasteiger charge is -2.64. The van der Waals surface area contributed by atoms with Gasteiger partial charge in [0.25, 0.3) is 0 Å². The van der Waals surface area contributed by atoms with Gasteiger partial charge in [0.1, 0.15) is 16.8 Å². The Hall–Kier alpha value is -2.23. The molecule has 0 aromatic carbocycles. The lowest BCUT2D eigenvalue weighted by Crippen LogP contribution is -2.73. The Morgan fingerprint density at radius 3 is 0.692 bits per heavy atom. The van der Waals surface area contributed by atoms with Crippen LogP contribution in [0.25, 0.3) is 0 Å². The molecule has 0 aromatic rings. The average molecular weight is 735 g/mol. The molecule has 0 bridgehead atoms. The van der Waals surface area contributed by atoms with Crippen molar-refractivity contribution < 1.29 is 28.6 Å². The number of hydrogen-bond donors (Lipinski definition) is 0. The molecule has 0 unspecified atom stereocenters. The van der Waals surface area contributed by atoms with Crippen molar-refractivity contribution in [3.8, 4) is 0 Å². The monoisotopic (exact) mass is 735 g/mol. The van der Waals surface area contributed by atoms with Crippen LogP contribution in [0.15, 0.2) is 0 Å². The lowest BCUT2D eigenvalue weighted by molar-refractivity contribution is -0.134. The summed E-state index contributed by atoms with van der Waals surface area (Å²) in [5, 5.41) is 0. The van der Waals surface area contributed by atoms with Gasteiger partial charge in [-0.2, -0.15) is 0 Å². The number of likely N-dealkylation sites (tertiary alicyclic amines) is 3. The first-order valence-electron chi connectivity index (χ1n) is 19.7. The summed E-state index contributed by atoms with van der Waals surface area (Å²) in [7, 11) is 0. The third-order valence-electron chi connectivity index (χ3n) is 11.0. The van der Waals surface area contributed by atoms with E-state index in [1.54, 1.807) is 0 Å². The Morgan fingerprint density at radius 1 is 0.404 bits per heavy atom. The number of carbonyl (C=O) groups excluding carboxylic acids is 3. The predicted octanol–water partition coefficient (Wildman–Crippen LogP) is 10.2. The molecule has 3 fully saturated rings. The quantitative estimate of drug-likeness (QED) is 0.267. The molecule has 10 heteroatoms. The summed E-state index contributed by atoms with van der Waals surface area (Å²) in [6, 6.07) is 0.370. The average Bonchev–Trinajstić information content (AvgIpc) is 2.75. The highest BCUT2D eigenvalue weighted by Crippen LogP contribution is 2.50. The molecule has 0 radical (unpaired) electrons. The van der Waals surface area contributed by atoms with Crippen LogP contribution in [0.3, 0.4) is 0 Å². The molecular formula is C42H78N4O6. The molecule has 3 saturated heterocycles. The highest BCUT2D eigenvalue weighted by molar-refractivity contribution is 5.72. The van der Waals surface area contributed by atoms with E-state index in [1.807, 2.05) is 77.0 Å². The second kappa shape index (κ2) is 13.5. The summed E-state index contributed by atoms with van der Waals surface area (Å²) < 4.78 is 18.0. The van der Waals surface area contributed by atoms with E-state index in [-0.39, 0.29) is 36.4 Å². The molecule has 302 valence electrons. The van der Waals surface area contributed by atoms with E-state index in [2.05, 4.69) is 88.0 Å². The van der Waals surface area contributed by atoms with Crippen LogP contribution in [0, 0.1) is 0 Å². The minimum absolute atomic E-state index is 0.123. The van der Waals surface area contributed by atoms with Crippen molar-refractivity contribution in [3.05, 3.63) is 0 Å². The maximum absolute atomic E-state index is 13.9. The standard InChI is InChI=1S/C42H78N4O6/c1-34(2,3)50-31(47)44-37(10,11)22-28(23-38(44,12)13)43(29-24-39(14,15)45(40(16,17)25-29)32(48)51-35(4,5)6)30-26-41(18,19)46(42(20,21)27-30)33(49)52-36(7,8)9/h28-30H,22-27H2,1-21H3. The van der Waals surface area contributed by atoms with Gasteiger partial charge in [0, 0.05) is 51.4 Å². The SMILES string of the molecule is CC(C)(C)OC(=O)N1C(C)(C)CC(N(C2CC(C)(C)N(C(=O)OC(C)(C)C)C(C)(C)C2)C2CC(C)(C)N(C(=O)OC(C)(C)C)C(C)(C)C2)CC1(C)C. The zero-order valence-corrected chi connectivity index (χ0v) is 37.2. The van der Waals surface area contributed by atoms with Gasteiger partial charge in [0.05, 0.1) is 0 Å². The number of carbonyl (C=O) groups is 3. The topological polar surface area (TPSA) is 91.9 Å². The molecular weight excluding hydrogens is 656 g/mol. The first kappa shape index (κ1) is 44.2. The maximum Gasteiger partial charge on any atom is 0.411 e. The van der Waals surface area contributed by atoms with Crippen molar-refractivity contribution in [1.82, 2.24) is 19.6 Å². The first-order valence-corrected chi connectivity index (χ1v) is 19.7. The van der Waals surface area contributed by atoms with Gasteiger partial charge in [-0.05, 0) is 184 Å². The number of piperidine rings is 3. The van der Waals surface area contributed by atoms with Gasteiger partial charge >= 0.3 is 18.3 Å². The number of rotatable bonds is 3. The van der Waals surface area contributed by atoms with E-state index in [1.165, 1.54) is 0 Å². The van der Waals surface area contributed by atoms with Crippen molar-refractivity contribution in [2.45, 2.75) is 252 Å². The van der Waals surface area contributed by atoms with Gasteiger partial charge in [-0.1, -0.05) is 0 Å². The van der Waals surface area contributed by atoms with Crippen molar-refractivity contribution >= 4 is 18.3 Å². The van der Waals surface area contributed by atoms with E-state index < -0.39 is 50.0 Å². The molecule has 0 saturated carbocycles. The minimum Gasteiger partial charge on any atom is -0.444 e. The Labute approximate surface area is 318 Å². The lowest BCUT2D eigenvalue weighted by atomic mass is 9.70. The molecule has 0 atom stereocenters. The van der Waals surface area contributed by atoms with Crippen LogP contribution in [0.1, 0.15) is 184 Å². The largest absolute Gasteiger partial charge is 0.444 e. The van der Waals surface area contributed by atoms with Crippen LogP contribution in [0.4, 0.5) is 14.4 Å². The molecule has 0 aliphatic carbocycles. The van der Waals surface area contributed by atoms with E-state index in [4.69, 9.17) is 14.2 Å². The van der Waals surface area contributed by atoms with Crippen LogP contribution < -0.4 is 0 Å². The molecule has 0 N–H and O–H groups in total. The molecule has 3 aliphatic rings. The van der Waals surface area contributed by atoms with Gasteiger partial charge in [-0.3, -0.25) is 19.6 Å². The molecule has 52 heavy (non-hydrogen) atoms. The van der Waals surface area contributed by atoms with Crippen molar-refractivity contribution in [2.24, 2.45) is 0 Å². The fourth-order valence-electron chi connectivity index (χ4n) is 10.6. The Morgan fingerprint density at radius 2 is 0.558 bits per heavy atom. The summed E-state index contributed by atoms with van der Waals surface area (Å²) in [6.07, 6.45) is 3.71. The number of nitrogens with zero attached hydrogens (tertiary/aromatic N) is 4. The van der Waals surface area contributed by atoms with Gasteiger partial charge in [0.2, 0.25) is 0 Å².